The Labute approximate surface area is 139 Å². The minimum absolute atomic E-state index is 0.0768. The molecule has 1 aliphatic carbocycles. The van der Waals surface area contributed by atoms with Crippen molar-refractivity contribution in [3.05, 3.63) is 29.3 Å². The number of nitrogens with one attached hydrogen (secondary N) is 1. The van der Waals surface area contributed by atoms with Gasteiger partial charge in [-0.1, -0.05) is 25.0 Å². The second kappa shape index (κ2) is 7.35. The number of piperidine rings is 1. The van der Waals surface area contributed by atoms with E-state index in [1.807, 2.05) is 12.1 Å². The molecule has 2 aliphatic rings. The number of hydrogen-bond acceptors (Lipinski definition) is 3. The van der Waals surface area contributed by atoms with Gasteiger partial charge in [-0.25, -0.2) is 0 Å². The number of rotatable bonds is 4. The zero-order valence-electron chi connectivity index (χ0n) is 14.3. The number of nitrogens with zero attached hydrogens (tertiary/aromatic N) is 1. The molecule has 0 spiro atoms. The highest BCUT2D eigenvalue weighted by Gasteiger charge is 2.29. The van der Waals surface area contributed by atoms with E-state index in [4.69, 9.17) is 4.74 Å². The Morgan fingerprint density at radius 1 is 1.17 bits per heavy atom. The van der Waals surface area contributed by atoms with Gasteiger partial charge in [0, 0.05) is 13.1 Å². The van der Waals surface area contributed by atoms with Crippen LogP contribution in [-0.4, -0.2) is 44.1 Å². The third-order valence-electron chi connectivity index (χ3n) is 5.53. The van der Waals surface area contributed by atoms with Crippen molar-refractivity contribution in [1.29, 1.82) is 0 Å². The number of likely N-dealkylation sites (tertiary alicyclic amines) is 1. The second-order valence-electron chi connectivity index (χ2n) is 6.76. The van der Waals surface area contributed by atoms with Gasteiger partial charge >= 0.3 is 0 Å². The lowest BCUT2D eigenvalue weighted by Gasteiger charge is -2.36. The van der Waals surface area contributed by atoms with Gasteiger partial charge in [0.25, 0.3) is 5.91 Å². The fraction of sp³-hybridized carbons (Fsp3) is 0.632. The molecule has 1 saturated heterocycles. The fourth-order valence-corrected chi connectivity index (χ4v) is 4.26. The van der Waals surface area contributed by atoms with E-state index in [1.165, 1.54) is 44.3 Å². The quantitative estimate of drug-likeness (QED) is 0.927. The molecule has 1 aromatic carbocycles. The minimum Gasteiger partial charge on any atom is -0.496 e. The number of methoxy groups -OCH3 is 1. The summed E-state index contributed by atoms with van der Waals surface area (Å²) < 4.78 is 5.60. The van der Waals surface area contributed by atoms with E-state index >= 15 is 0 Å². The molecule has 0 radical (unpaired) electrons. The molecule has 1 aliphatic heterocycles. The first-order chi connectivity index (χ1) is 11.2. The van der Waals surface area contributed by atoms with Gasteiger partial charge in [-0.15, -0.1) is 0 Å². The monoisotopic (exact) mass is 316 g/mol. The first-order valence-electron chi connectivity index (χ1n) is 8.87. The molecule has 1 N–H and O–H groups in total. The molecule has 0 atom stereocenters. The van der Waals surface area contributed by atoms with Crippen LogP contribution >= 0.6 is 0 Å². The van der Waals surface area contributed by atoms with Crippen LogP contribution in [0.15, 0.2) is 18.2 Å². The first kappa shape index (κ1) is 16.3. The van der Waals surface area contributed by atoms with Gasteiger partial charge < -0.3 is 15.0 Å². The Bertz CT molecular complexity index is 544. The van der Waals surface area contributed by atoms with Crippen LogP contribution in [0.2, 0.25) is 0 Å². The van der Waals surface area contributed by atoms with E-state index in [0.717, 1.165) is 24.6 Å². The average Bonchev–Trinajstić information content (AvgIpc) is 3.15. The lowest BCUT2D eigenvalue weighted by atomic mass is 9.87. The first-order valence-corrected chi connectivity index (χ1v) is 8.87. The summed E-state index contributed by atoms with van der Waals surface area (Å²) >= 11 is 0. The van der Waals surface area contributed by atoms with Crippen LogP contribution in [0.3, 0.4) is 0 Å². The standard InChI is InChI=1S/C19H28N2O2/c1-20-19(22)17-9-5-8-16(18(17)23-2)14-10-12-21(13-11-14)15-6-3-4-7-15/h5,8-9,14-15H,3-4,6-7,10-13H2,1-2H3,(H,20,22). The van der Waals surface area contributed by atoms with Crippen LogP contribution < -0.4 is 10.1 Å². The Kier molecular flexibility index (Phi) is 5.21. The number of hydrogen-bond donors (Lipinski definition) is 1. The third-order valence-corrected chi connectivity index (χ3v) is 5.53. The van der Waals surface area contributed by atoms with Gasteiger partial charge in [0.1, 0.15) is 5.75 Å². The molecule has 1 saturated carbocycles. The Hall–Kier alpha value is -1.55. The number of carbonyl (C=O) groups excluding carboxylic acids is 1. The summed E-state index contributed by atoms with van der Waals surface area (Å²) in [6.45, 7) is 2.34. The summed E-state index contributed by atoms with van der Waals surface area (Å²) in [4.78, 5) is 14.7. The van der Waals surface area contributed by atoms with Crippen LogP contribution in [-0.2, 0) is 0 Å². The van der Waals surface area contributed by atoms with Crippen LogP contribution in [0.25, 0.3) is 0 Å². The SMILES string of the molecule is CNC(=O)c1cccc(C2CCN(C3CCCC3)CC2)c1OC. The zero-order valence-corrected chi connectivity index (χ0v) is 14.3. The molecule has 2 fully saturated rings. The molecule has 4 heteroatoms. The fourth-order valence-electron chi connectivity index (χ4n) is 4.26. The number of benzene rings is 1. The maximum absolute atomic E-state index is 12.1. The van der Waals surface area contributed by atoms with E-state index in [2.05, 4.69) is 16.3 Å². The largest absolute Gasteiger partial charge is 0.496 e. The molecular weight excluding hydrogens is 288 g/mol. The maximum atomic E-state index is 12.1. The van der Waals surface area contributed by atoms with Crippen molar-refractivity contribution >= 4 is 5.91 Å². The number of amides is 1. The topological polar surface area (TPSA) is 41.6 Å². The number of para-hydroxylation sites is 1. The van der Waals surface area contributed by atoms with Crippen molar-refractivity contribution in [2.75, 3.05) is 27.2 Å². The maximum Gasteiger partial charge on any atom is 0.254 e. The number of carbonyl (C=O) groups is 1. The van der Waals surface area contributed by atoms with E-state index in [0.29, 0.717) is 11.5 Å². The predicted octanol–water partition coefficient (Wildman–Crippen LogP) is 3.18. The average molecular weight is 316 g/mol. The van der Waals surface area contributed by atoms with Crippen LogP contribution in [0, 0.1) is 0 Å². The molecule has 23 heavy (non-hydrogen) atoms. The van der Waals surface area contributed by atoms with E-state index in [9.17, 15) is 4.79 Å². The summed E-state index contributed by atoms with van der Waals surface area (Å²) in [5.41, 5.74) is 1.84. The third kappa shape index (κ3) is 3.37. The Morgan fingerprint density at radius 3 is 2.48 bits per heavy atom. The highest BCUT2D eigenvalue weighted by molar-refractivity contribution is 5.97. The molecular formula is C19H28N2O2. The van der Waals surface area contributed by atoms with Gasteiger partial charge in [0.15, 0.2) is 0 Å². The molecule has 1 amide bonds. The highest BCUT2D eigenvalue weighted by atomic mass is 16.5. The second-order valence-corrected chi connectivity index (χ2v) is 6.76. The van der Waals surface area contributed by atoms with Crippen LogP contribution in [0.5, 0.6) is 5.75 Å². The summed E-state index contributed by atoms with van der Waals surface area (Å²) in [5, 5.41) is 2.70. The Balaban J connectivity index is 1.73. The van der Waals surface area contributed by atoms with Crippen molar-refractivity contribution in [3.8, 4) is 5.75 Å². The Morgan fingerprint density at radius 2 is 1.87 bits per heavy atom. The number of ether oxygens (including phenoxy) is 1. The minimum atomic E-state index is -0.0768. The van der Waals surface area contributed by atoms with Gasteiger partial charge in [-0.05, 0) is 56.3 Å². The predicted molar refractivity (Wildman–Crippen MR) is 92.2 cm³/mol. The molecule has 3 rings (SSSR count). The zero-order chi connectivity index (χ0) is 16.2. The van der Waals surface area contributed by atoms with E-state index in [1.54, 1.807) is 14.2 Å². The summed E-state index contributed by atoms with van der Waals surface area (Å²) in [7, 11) is 3.33. The van der Waals surface area contributed by atoms with Gasteiger partial charge in [-0.3, -0.25) is 4.79 Å². The molecule has 0 bridgehead atoms. The van der Waals surface area contributed by atoms with Crippen LogP contribution in [0.1, 0.15) is 60.4 Å². The smallest absolute Gasteiger partial charge is 0.254 e. The van der Waals surface area contributed by atoms with Gasteiger partial charge in [-0.2, -0.15) is 0 Å². The lowest BCUT2D eigenvalue weighted by Crippen LogP contribution is -2.39. The van der Waals surface area contributed by atoms with Crippen molar-refractivity contribution < 1.29 is 9.53 Å². The summed E-state index contributed by atoms with van der Waals surface area (Å²) in [6.07, 6.45) is 7.85. The van der Waals surface area contributed by atoms with Gasteiger partial charge in [0.05, 0.1) is 12.7 Å². The van der Waals surface area contributed by atoms with Gasteiger partial charge in [0.2, 0.25) is 0 Å². The molecule has 4 nitrogen and oxygen atoms in total. The molecule has 0 unspecified atom stereocenters. The van der Waals surface area contributed by atoms with E-state index in [-0.39, 0.29) is 5.91 Å². The van der Waals surface area contributed by atoms with E-state index < -0.39 is 0 Å². The van der Waals surface area contributed by atoms with Crippen molar-refractivity contribution in [2.45, 2.75) is 50.5 Å². The molecule has 1 heterocycles. The summed E-state index contributed by atoms with van der Waals surface area (Å²) in [6, 6.07) is 6.76. The molecule has 0 aromatic heterocycles. The lowest BCUT2D eigenvalue weighted by molar-refractivity contribution is 0.0959. The van der Waals surface area contributed by atoms with Crippen molar-refractivity contribution in [1.82, 2.24) is 10.2 Å². The van der Waals surface area contributed by atoms with Crippen molar-refractivity contribution in [3.63, 3.8) is 0 Å². The highest BCUT2D eigenvalue weighted by Crippen LogP contribution is 2.37. The van der Waals surface area contributed by atoms with Crippen LogP contribution in [0.4, 0.5) is 0 Å². The summed E-state index contributed by atoms with van der Waals surface area (Å²) in [5.74, 6) is 1.17. The van der Waals surface area contributed by atoms with Crippen molar-refractivity contribution in [2.24, 2.45) is 0 Å². The molecule has 126 valence electrons. The molecule has 1 aromatic rings. The normalized spacial score (nSPS) is 20.6.